The average molecular weight is 184 g/mol. The molecule has 1 saturated carbocycles. The molecule has 0 aliphatic heterocycles. The first-order valence-corrected chi connectivity index (χ1v) is 5.31. The fourth-order valence-electron chi connectivity index (χ4n) is 2.12. The smallest absolute Gasteiger partial charge is 0.135 e. The SMILES string of the molecule is CC(=O)[C@@H](C)[C@@H](O)C1CCCCC1. The van der Waals surface area contributed by atoms with Crippen molar-refractivity contribution in [3.05, 3.63) is 0 Å². The summed E-state index contributed by atoms with van der Waals surface area (Å²) >= 11 is 0. The molecule has 0 amide bonds. The van der Waals surface area contributed by atoms with E-state index in [0.717, 1.165) is 12.8 Å². The summed E-state index contributed by atoms with van der Waals surface area (Å²) < 4.78 is 0. The second-order valence-electron chi connectivity index (χ2n) is 4.29. The summed E-state index contributed by atoms with van der Waals surface area (Å²) in [5.74, 6) is 0.300. The molecular formula is C11H20O2. The maximum atomic E-state index is 11.1. The van der Waals surface area contributed by atoms with Gasteiger partial charge in [-0.3, -0.25) is 4.79 Å². The minimum atomic E-state index is -0.405. The molecule has 1 rings (SSSR count). The van der Waals surface area contributed by atoms with E-state index in [-0.39, 0.29) is 11.7 Å². The van der Waals surface area contributed by atoms with Crippen LogP contribution < -0.4 is 0 Å². The zero-order chi connectivity index (χ0) is 9.84. The van der Waals surface area contributed by atoms with Crippen LogP contribution in [0.2, 0.25) is 0 Å². The van der Waals surface area contributed by atoms with E-state index in [1.165, 1.54) is 19.3 Å². The Bertz CT molecular complexity index is 171. The summed E-state index contributed by atoms with van der Waals surface area (Å²) in [6.45, 7) is 3.40. The zero-order valence-corrected chi connectivity index (χ0v) is 8.62. The minimum Gasteiger partial charge on any atom is -0.392 e. The molecule has 0 spiro atoms. The number of rotatable bonds is 3. The van der Waals surface area contributed by atoms with Crippen molar-refractivity contribution in [2.24, 2.45) is 11.8 Å². The summed E-state index contributed by atoms with van der Waals surface area (Å²) in [6, 6.07) is 0. The quantitative estimate of drug-likeness (QED) is 0.729. The lowest BCUT2D eigenvalue weighted by Crippen LogP contribution is -2.32. The zero-order valence-electron chi connectivity index (χ0n) is 8.62. The summed E-state index contributed by atoms with van der Waals surface area (Å²) in [7, 11) is 0. The van der Waals surface area contributed by atoms with Gasteiger partial charge in [0, 0.05) is 5.92 Å². The molecule has 2 nitrogen and oxygen atoms in total. The first-order chi connectivity index (χ1) is 6.13. The van der Waals surface area contributed by atoms with Crippen LogP contribution in [0.1, 0.15) is 46.0 Å². The molecule has 0 unspecified atom stereocenters. The topological polar surface area (TPSA) is 37.3 Å². The molecule has 2 heteroatoms. The van der Waals surface area contributed by atoms with E-state index in [1.54, 1.807) is 6.92 Å². The second-order valence-corrected chi connectivity index (χ2v) is 4.29. The first-order valence-electron chi connectivity index (χ1n) is 5.31. The van der Waals surface area contributed by atoms with E-state index >= 15 is 0 Å². The Morgan fingerprint density at radius 2 is 1.85 bits per heavy atom. The fourth-order valence-corrected chi connectivity index (χ4v) is 2.12. The molecule has 0 aromatic rings. The molecule has 1 aliphatic carbocycles. The Morgan fingerprint density at radius 3 is 2.31 bits per heavy atom. The summed E-state index contributed by atoms with van der Waals surface area (Å²) in [4.78, 5) is 11.1. The van der Waals surface area contributed by atoms with Crippen molar-refractivity contribution >= 4 is 5.78 Å². The van der Waals surface area contributed by atoms with Crippen molar-refractivity contribution in [2.75, 3.05) is 0 Å². The maximum absolute atomic E-state index is 11.1. The Kier molecular flexibility index (Phi) is 3.91. The lowest BCUT2D eigenvalue weighted by atomic mass is 9.80. The van der Waals surface area contributed by atoms with Crippen LogP contribution in [0.15, 0.2) is 0 Å². The second kappa shape index (κ2) is 4.75. The molecule has 0 radical (unpaired) electrons. The third-order valence-electron chi connectivity index (χ3n) is 3.29. The molecule has 0 saturated heterocycles. The van der Waals surface area contributed by atoms with Gasteiger partial charge >= 0.3 is 0 Å². The van der Waals surface area contributed by atoms with Gasteiger partial charge in [-0.25, -0.2) is 0 Å². The monoisotopic (exact) mass is 184 g/mol. The van der Waals surface area contributed by atoms with Gasteiger partial charge in [0.05, 0.1) is 6.10 Å². The first kappa shape index (κ1) is 10.7. The third-order valence-corrected chi connectivity index (χ3v) is 3.29. The Balaban J connectivity index is 2.44. The van der Waals surface area contributed by atoms with Crippen LogP contribution >= 0.6 is 0 Å². The number of carbonyl (C=O) groups is 1. The van der Waals surface area contributed by atoms with Crippen LogP contribution in [0.25, 0.3) is 0 Å². The standard InChI is InChI=1S/C11H20O2/c1-8(9(2)12)11(13)10-6-4-3-5-7-10/h8,10-11,13H,3-7H2,1-2H3/t8-,11-/m1/s1. The molecule has 0 aromatic carbocycles. The highest BCUT2D eigenvalue weighted by Gasteiger charge is 2.28. The lowest BCUT2D eigenvalue weighted by molar-refractivity contribution is -0.125. The number of Topliss-reactive ketones (excluding diaryl/α,β-unsaturated/α-hetero) is 1. The van der Waals surface area contributed by atoms with Gasteiger partial charge in [0.1, 0.15) is 5.78 Å². The Hall–Kier alpha value is -0.370. The molecule has 1 aliphatic rings. The van der Waals surface area contributed by atoms with Crippen LogP contribution in [-0.2, 0) is 4.79 Å². The van der Waals surface area contributed by atoms with Crippen LogP contribution in [0, 0.1) is 11.8 Å². The molecule has 0 bridgehead atoms. The molecule has 1 N–H and O–H groups in total. The van der Waals surface area contributed by atoms with Gasteiger partial charge in [0.2, 0.25) is 0 Å². The molecule has 0 heterocycles. The number of aliphatic hydroxyl groups excluding tert-OH is 1. The molecular weight excluding hydrogens is 164 g/mol. The molecule has 1 fully saturated rings. The normalized spacial score (nSPS) is 23.9. The number of ketones is 1. The largest absolute Gasteiger partial charge is 0.392 e. The predicted octanol–water partition coefficient (Wildman–Crippen LogP) is 2.15. The van der Waals surface area contributed by atoms with Crippen molar-refractivity contribution in [3.63, 3.8) is 0 Å². The molecule has 0 aromatic heterocycles. The summed E-state index contributed by atoms with van der Waals surface area (Å²) in [6.07, 6.45) is 5.51. The van der Waals surface area contributed by atoms with Gasteiger partial charge in [-0.05, 0) is 25.7 Å². The van der Waals surface area contributed by atoms with Crippen LogP contribution in [0.4, 0.5) is 0 Å². The van der Waals surface area contributed by atoms with E-state index in [4.69, 9.17) is 0 Å². The van der Waals surface area contributed by atoms with Gasteiger partial charge in [0.25, 0.3) is 0 Å². The number of aliphatic hydroxyl groups is 1. The molecule has 76 valence electrons. The Morgan fingerprint density at radius 1 is 1.31 bits per heavy atom. The van der Waals surface area contributed by atoms with Crippen molar-refractivity contribution in [1.82, 2.24) is 0 Å². The van der Waals surface area contributed by atoms with Crippen LogP contribution in [-0.4, -0.2) is 17.0 Å². The summed E-state index contributed by atoms with van der Waals surface area (Å²) in [5, 5.41) is 9.89. The van der Waals surface area contributed by atoms with Gasteiger partial charge in [-0.2, -0.15) is 0 Å². The fraction of sp³-hybridized carbons (Fsp3) is 0.909. The van der Waals surface area contributed by atoms with Crippen LogP contribution in [0.5, 0.6) is 0 Å². The van der Waals surface area contributed by atoms with Crippen LogP contribution in [0.3, 0.4) is 0 Å². The highest BCUT2D eigenvalue weighted by Crippen LogP contribution is 2.29. The van der Waals surface area contributed by atoms with Crippen molar-refractivity contribution < 1.29 is 9.90 Å². The van der Waals surface area contributed by atoms with E-state index in [1.807, 2.05) is 6.92 Å². The number of carbonyl (C=O) groups excluding carboxylic acids is 1. The van der Waals surface area contributed by atoms with Gasteiger partial charge in [0.15, 0.2) is 0 Å². The molecule has 2 atom stereocenters. The maximum Gasteiger partial charge on any atom is 0.135 e. The lowest BCUT2D eigenvalue weighted by Gasteiger charge is -2.29. The average Bonchev–Trinajstić information content (AvgIpc) is 2.17. The van der Waals surface area contributed by atoms with Gasteiger partial charge in [-0.1, -0.05) is 26.2 Å². The Labute approximate surface area is 80.3 Å². The highest BCUT2D eigenvalue weighted by atomic mass is 16.3. The number of hydrogen-bond donors (Lipinski definition) is 1. The van der Waals surface area contributed by atoms with E-state index in [9.17, 15) is 9.90 Å². The van der Waals surface area contributed by atoms with Crippen molar-refractivity contribution in [2.45, 2.75) is 52.1 Å². The van der Waals surface area contributed by atoms with E-state index in [2.05, 4.69) is 0 Å². The van der Waals surface area contributed by atoms with Crippen molar-refractivity contribution in [1.29, 1.82) is 0 Å². The van der Waals surface area contributed by atoms with Crippen molar-refractivity contribution in [3.8, 4) is 0 Å². The van der Waals surface area contributed by atoms with Gasteiger partial charge < -0.3 is 5.11 Å². The third kappa shape index (κ3) is 2.80. The van der Waals surface area contributed by atoms with E-state index in [0.29, 0.717) is 5.92 Å². The minimum absolute atomic E-state index is 0.109. The van der Waals surface area contributed by atoms with Gasteiger partial charge in [-0.15, -0.1) is 0 Å². The number of hydrogen-bond acceptors (Lipinski definition) is 2. The summed E-state index contributed by atoms with van der Waals surface area (Å²) in [5.41, 5.74) is 0. The van der Waals surface area contributed by atoms with E-state index < -0.39 is 6.10 Å². The highest BCUT2D eigenvalue weighted by molar-refractivity contribution is 5.78. The predicted molar refractivity (Wildman–Crippen MR) is 52.4 cm³/mol. The molecule has 13 heavy (non-hydrogen) atoms.